The van der Waals surface area contributed by atoms with Crippen LogP contribution in [0, 0.1) is 6.92 Å². The highest BCUT2D eigenvalue weighted by molar-refractivity contribution is 7.87. The lowest BCUT2D eigenvalue weighted by Gasteiger charge is -2.09. The molecular weight excluding hydrogens is 438 g/mol. The van der Waals surface area contributed by atoms with E-state index >= 15 is 0 Å². The molecule has 6 nitrogen and oxygen atoms in total. The zero-order valence-corrected chi connectivity index (χ0v) is 17.9. The monoisotopic (exact) mass is 453 g/mol. The molecule has 0 aromatic heterocycles. The van der Waals surface area contributed by atoms with Gasteiger partial charge in [0.05, 0.1) is 0 Å². The van der Waals surface area contributed by atoms with E-state index in [-0.39, 0.29) is 22.2 Å². The van der Waals surface area contributed by atoms with Crippen LogP contribution in [0.3, 0.4) is 0 Å². The van der Waals surface area contributed by atoms with Crippen molar-refractivity contribution in [2.75, 3.05) is 0 Å². The zero-order valence-electron chi connectivity index (χ0n) is 16.3. The van der Waals surface area contributed by atoms with Crippen molar-refractivity contribution in [2.45, 2.75) is 11.8 Å². The number of esters is 1. The summed E-state index contributed by atoms with van der Waals surface area (Å²) in [4.78, 5) is 16.6. The molecule has 31 heavy (non-hydrogen) atoms. The first kappa shape index (κ1) is 20.8. The summed E-state index contributed by atoms with van der Waals surface area (Å²) in [6.07, 6.45) is 1.42. The van der Waals surface area contributed by atoms with Crippen LogP contribution in [-0.4, -0.2) is 20.3 Å². The second-order valence-electron chi connectivity index (χ2n) is 6.69. The number of benzene rings is 3. The Labute approximate surface area is 184 Å². The molecule has 1 aliphatic heterocycles. The number of rotatable bonds is 5. The van der Waals surface area contributed by atoms with Crippen molar-refractivity contribution < 1.29 is 22.1 Å². The second kappa shape index (κ2) is 8.37. The number of para-hydroxylation sites is 1. The van der Waals surface area contributed by atoms with Crippen molar-refractivity contribution >= 4 is 39.7 Å². The van der Waals surface area contributed by atoms with Gasteiger partial charge in [-0.2, -0.15) is 8.42 Å². The lowest BCUT2D eigenvalue weighted by Crippen LogP contribution is -2.10. The van der Waals surface area contributed by atoms with Gasteiger partial charge in [0.15, 0.2) is 5.70 Å². The van der Waals surface area contributed by atoms with Gasteiger partial charge >= 0.3 is 16.1 Å². The Bertz CT molecular complexity index is 1330. The maximum atomic E-state index is 12.6. The number of cyclic esters (lactones) is 1. The number of nitrogens with zero attached hydrogens (tertiary/aromatic N) is 1. The van der Waals surface area contributed by atoms with Crippen molar-refractivity contribution in [3.8, 4) is 5.75 Å². The number of hydrogen-bond donors (Lipinski definition) is 0. The summed E-state index contributed by atoms with van der Waals surface area (Å²) in [6, 6.07) is 19.4. The van der Waals surface area contributed by atoms with E-state index in [4.69, 9.17) is 20.5 Å². The number of carbonyl (C=O) groups excluding carboxylic acids is 1. The van der Waals surface area contributed by atoms with E-state index in [9.17, 15) is 13.2 Å². The summed E-state index contributed by atoms with van der Waals surface area (Å²) in [5.41, 5.74) is 1.82. The van der Waals surface area contributed by atoms with Crippen LogP contribution in [0.2, 0.25) is 5.02 Å². The molecule has 0 bridgehead atoms. The normalized spacial score (nSPS) is 15.0. The van der Waals surface area contributed by atoms with Gasteiger partial charge < -0.3 is 8.92 Å². The Kier molecular flexibility index (Phi) is 5.63. The van der Waals surface area contributed by atoms with Crippen LogP contribution in [0.15, 0.2) is 88.4 Å². The molecule has 8 heteroatoms. The van der Waals surface area contributed by atoms with Crippen LogP contribution < -0.4 is 4.18 Å². The zero-order chi connectivity index (χ0) is 22.0. The summed E-state index contributed by atoms with van der Waals surface area (Å²) in [6.45, 7) is 1.86. The number of aryl methyl sites for hydroxylation is 1. The fourth-order valence-electron chi connectivity index (χ4n) is 2.83. The average Bonchev–Trinajstić information content (AvgIpc) is 3.12. The molecule has 0 saturated carbocycles. The third-order valence-electron chi connectivity index (χ3n) is 4.48. The Balaban J connectivity index is 1.67. The largest absolute Gasteiger partial charge is 0.402 e. The molecular formula is C23H16ClNO5S. The van der Waals surface area contributed by atoms with Crippen molar-refractivity contribution in [3.05, 3.63) is 100 Å². The number of carbonyl (C=O) groups is 1. The minimum atomic E-state index is -4.04. The summed E-state index contributed by atoms with van der Waals surface area (Å²) in [5.74, 6) is -0.477. The molecule has 1 aliphatic rings. The SMILES string of the molecule is Cc1ccc(C2=N/C(=C\c3ccccc3OS(=O)(=O)c3ccccc3)C(=O)O2)cc1Cl. The molecule has 156 valence electrons. The molecule has 1 heterocycles. The summed E-state index contributed by atoms with van der Waals surface area (Å²) < 4.78 is 35.7. The van der Waals surface area contributed by atoms with Gasteiger partial charge in [-0.1, -0.05) is 54.1 Å². The minimum absolute atomic E-state index is 0.0138. The van der Waals surface area contributed by atoms with Crippen molar-refractivity contribution in [1.29, 1.82) is 0 Å². The lowest BCUT2D eigenvalue weighted by molar-refractivity contribution is -0.129. The fraction of sp³-hybridized carbons (Fsp3) is 0.0435. The van der Waals surface area contributed by atoms with Gasteiger partial charge in [-0.15, -0.1) is 0 Å². The quantitative estimate of drug-likeness (QED) is 0.316. The predicted octanol–water partition coefficient (Wildman–Crippen LogP) is 4.76. The topological polar surface area (TPSA) is 82.0 Å². The Morgan fingerprint density at radius 3 is 2.45 bits per heavy atom. The van der Waals surface area contributed by atoms with E-state index < -0.39 is 16.1 Å². The first-order valence-corrected chi connectivity index (χ1v) is 11.0. The second-order valence-corrected chi connectivity index (χ2v) is 8.64. The Morgan fingerprint density at radius 2 is 1.71 bits per heavy atom. The van der Waals surface area contributed by atoms with Gasteiger partial charge in [-0.05, 0) is 48.9 Å². The van der Waals surface area contributed by atoms with Crippen LogP contribution in [-0.2, 0) is 19.6 Å². The summed E-state index contributed by atoms with van der Waals surface area (Å²) >= 11 is 6.14. The molecule has 0 spiro atoms. The molecule has 0 radical (unpaired) electrons. The highest BCUT2D eigenvalue weighted by atomic mass is 35.5. The predicted molar refractivity (Wildman–Crippen MR) is 117 cm³/mol. The van der Waals surface area contributed by atoms with Crippen LogP contribution >= 0.6 is 11.6 Å². The first-order chi connectivity index (χ1) is 14.8. The van der Waals surface area contributed by atoms with Gasteiger partial charge in [-0.3, -0.25) is 0 Å². The minimum Gasteiger partial charge on any atom is -0.402 e. The highest BCUT2D eigenvalue weighted by Gasteiger charge is 2.25. The van der Waals surface area contributed by atoms with Gasteiger partial charge in [0, 0.05) is 16.1 Å². The molecule has 0 atom stereocenters. The maximum absolute atomic E-state index is 12.6. The number of hydrogen-bond acceptors (Lipinski definition) is 6. The van der Waals surface area contributed by atoms with Crippen LogP contribution in [0.5, 0.6) is 5.75 Å². The molecule has 3 aromatic rings. The molecule has 3 aromatic carbocycles. The van der Waals surface area contributed by atoms with E-state index in [0.717, 1.165) is 5.56 Å². The Morgan fingerprint density at radius 1 is 1.00 bits per heavy atom. The third kappa shape index (κ3) is 4.52. The molecule has 0 aliphatic carbocycles. The van der Waals surface area contributed by atoms with Crippen LogP contribution in [0.25, 0.3) is 6.08 Å². The van der Waals surface area contributed by atoms with Crippen LogP contribution in [0.4, 0.5) is 0 Å². The van der Waals surface area contributed by atoms with E-state index in [1.54, 1.807) is 54.6 Å². The number of halogens is 1. The van der Waals surface area contributed by atoms with E-state index in [0.29, 0.717) is 16.1 Å². The molecule has 0 unspecified atom stereocenters. The number of aliphatic imine (C=N–C) groups is 1. The third-order valence-corrected chi connectivity index (χ3v) is 6.14. The van der Waals surface area contributed by atoms with Crippen molar-refractivity contribution in [1.82, 2.24) is 0 Å². The average molecular weight is 454 g/mol. The van der Waals surface area contributed by atoms with E-state index in [1.165, 1.54) is 24.3 Å². The fourth-order valence-corrected chi connectivity index (χ4v) is 3.99. The molecule has 0 N–H and O–H groups in total. The van der Waals surface area contributed by atoms with Gasteiger partial charge in [0.25, 0.3) is 0 Å². The number of ether oxygens (including phenoxy) is 1. The molecule has 4 rings (SSSR count). The van der Waals surface area contributed by atoms with E-state index in [2.05, 4.69) is 4.99 Å². The standard InChI is InChI=1S/C23H16ClNO5S/c1-15-11-12-17(13-19(15)24)22-25-20(23(26)29-22)14-16-7-5-6-10-21(16)30-31(27,28)18-8-3-2-4-9-18/h2-14H,1H3/b20-14-. The van der Waals surface area contributed by atoms with Crippen molar-refractivity contribution in [3.63, 3.8) is 0 Å². The van der Waals surface area contributed by atoms with E-state index in [1.807, 2.05) is 6.92 Å². The maximum Gasteiger partial charge on any atom is 0.363 e. The molecule has 0 fully saturated rings. The molecule has 0 saturated heterocycles. The van der Waals surface area contributed by atoms with Gasteiger partial charge in [0.2, 0.25) is 5.90 Å². The summed E-state index contributed by atoms with van der Waals surface area (Å²) in [7, 11) is -4.04. The van der Waals surface area contributed by atoms with Crippen molar-refractivity contribution in [2.24, 2.45) is 4.99 Å². The van der Waals surface area contributed by atoms with Crippen LogP contribution in [0.1, 0.15) is 16.7 Å². The lowest BCUT2D eigenvalue weighted by atomic mass is 10.1. The van der Waals surface area contributed by atoms with Gasteiger partial charge in [-0.25, -0.2) is 9.79 Å². The smallest absolute Gasteiger partial charge is 0.363 e. The molecule has 0 amide bonds. The Hall–Kier alpha value is -3.42. The highest BCUT2D eigenvalue weighted by Crippen LogP contribution is 2.28. The first-order valence-electron chi connectivity index (χ1n) is 9.21. The summed E-state index contributed by atoms with van der Waals surface area (Å²) in [5, 5.41) is 0.526. The van der Waals surface area contributed by atoms with Gasteiger partial charge in [0.1, 0.15) is 10.6 Å².